The van der Waals surface area contributed by atoms with Crippen LogP contribution in [0.5, 0.6) is 0 Å². The zero-order valence-electron chi connectivity index (χ0n) is 12.9. The lowest BCUT2D eigenvalue weighted by atomic mass is 9.70. The summed E-state index contributed by atoms with van der Waals surface area (Å²) in [5.41, 5.74) is -0.126. The van der Waals surface area contributed by atoms with Crippen molar-refractivity contribution in [3.8, 4) is 0 Å². The van der Waals surface area contributed by atoms with Crippen LogP contribution in [0.25, 0.3) is 0 Å². The van der Waals surface area contributed by atoms with Crippen LogP contribution in [0, 0.1) is 11.8 Å². The Labute approximate surface area is 118 Å². The molecule has 3 atom stereocenters. The molecule has 0 amide bonds. The van der Waals surface area contributed by atoms with Crippen molar-refractivity contribution in [1.82, 2.24) is 4.90 Å². The number of ether oxygens (including phenoxy) is 1. The second-order valence-corrected chi connectivity index (χ2v) is 6.81. The van der Waals surface area contributed by atoms with E-state index in [4.69, 9.17) is 4.74 Å². The van der Waals surface area contributed by atoms with Gasteiger partial charge in [-0.25, -0.2) is 0 Å². The maximum Gasteiger partial charge on any atom is 0.0749 e. The van der Waals surface area contributed by atoms with Gasteiger partial charge in [0.2, 0.25) is 0 Å². The highest BCUT2D eigenvalue weighted by atomic mass is 16.5. The number of hydrogen-bond donors (Lipinski definition) is 1. The van der Waals surface area contributed by atoms with Crippen molar-refractivity contribution in [2.45, 2.75) is 64.5 Å². The Kier molecular flexibility index (Phi) is 5.27. The molecule has 3 heteroatoms. The van der Waals surface area contributed by atoms with Crippen LogP contribution in [0.4, 0.5) is 0 Å². The van der Waals surface area contributed by atoms with Crippen LogP contribution in [0.1, 0.15) is 52.9 Å². The minimum atomic E-state index is -0.212. The molecule has 0 spiro atoms. The predicted octanol–water partition coefficient (Wildman–Crippen LogP) is 2.67. The second kappa shape index (κ2) is 6.55. The lowest BCUT2D eigenvalue weighted by Crippen LogP contribution is -2.59. The minimum absolute atomic E-state index is 0.126. The third-order valence-corrected chi connectivity index (χ3v) is 5.45. The van der Waals surface area contributed by atoms with Gasteiger partial charge in [0.25, 0.3) is 0 Å². The summed E-state index contributed by atoms with van der Waals surface area (Å²) in [6.07, 6.45) is 6.14. The van der Waals surface area contributed by atoms with E-state index in [1.807, 2.05) is 0 Å². The number of nitrogens with zero attached hydrogens (tertiary/aromatic N) is 1. The Hall–Kier alpha value is -0.120. The Morgan fingerprint density at radius 3 is 2.47 bits per heavy atom. The summed E-state index contributed by atoms with van der Waals surface area (Å²) in [5, 5.41) is 11.0. The highest BCUT2D eigenvalue weighted by molar-refractivity contribution is 4.95. The van der Waals surface area contributed by atoms with E-state index < -0.39 is 0 Å². The van der Waals surface area contributed by atoms with Gasteiger partial charge >= 0.3 is 0 Å². The summed E-state index contributed by atoms with van der Waals surface area (Å²) >= 11 is 0. The summed E-state index contributed by atoms with van der Waals surface area (Å²) in [5.74, 6) is 1.20. The van der Waals surface area contributed by atoms with Crippen molar-refractivity contribution in [2.24, 2.45) is 11.8 Å². The number of aliphatic hydroxyl groups excluding tert-OH is 1. The summed E-state index contributed by atoms with van der Waals surface area (Å²) in [6.45, 7) is 10.2. The van der Waals surface area contributed by atoms with E-state index in [0.717, 1.165) is 26.3 Å². The number of hydrogen-bond acceptors (Lipinski definition) is 3. The lowest BCUT2D eigenvalue weighted by molar-refractivity contribution is -0.0950. The van der Waals surface area contributed by atoms with Gasteiger partial charge in [0.15, 0.2) is 0 Å². The Bertz CT molecular complexity index is 274. The van der Waals surface area contributed by atoms with Crippen LogP contribution in [0.2, 0.25) is 0 Å². The first-order valence-electron chi connectivity index (χ1n) is 8.08. The molecule has 1 saturated carbocycles. The second-order valence-electron chi connectivity index (χ2n) is 6.81. The third kappa shape index (κ3) is 3.32. The molecule has 1 aliphatic carbocycles. The zero-order valence-corrected chi connectivity index (χ0v) is 12.9. The van der Waals surface area contributed by atoms with Crippen LogP contribution in [0.15, 0.2) is 0 Å². The first-order valence-corrected chi connectivity index (χ1v) is 8.08. The smallest absolute Gasteiger partial charge is 0.0749 e. The van der Waals surface area contributed by atoms with Crippen molar-refractivity contribution >= 4 is 0 Å². The molecule has 1 aliphatic heterocycles. The van der Waals surface area contributed by atoms with Crippen LogP contribution < -0.4 is 0 Å². The fourth-order valence-corrected chi connectivity index (χ4v) is 4.01. The van der Waals surface area contributed by atoms with E-state index in [-0.39, 0.29) is 11.6 Å². The van der Waals surface area contributed by atoms with Crippen LogP contribution in [0.3, 0.4) is 0 Å². The van der Waals surface area contributed by atoms with Gasteiger partial charge in [0.05, 0.1) is 19.3 Å². The summed E-state index contributed by atoms with van der Waals surface area (Å²) < 4.78 is 5.44. The quantitative estimate of drug-likeness (QED) is 0.851. The zero-order chi connectivity index (χ0) is 13.9. The van der Waals surface area contributed by atoms with E-state index in [2.05, 4.69) is 25.7 Å². The van der Waals surface area contributed by atoms with Crippen molar-refractivity contribution < 1.29 is 9.84 Å². The molecule has 1 heterocycles. The van der Waals surface area contributed by atoms with Gasteiger partial charge in [-0.05, 0) is 32.1 Å². The van der Waals surface area contributed by atoms with E-state index in [1.165, 1.54) is 32.1 Å². The molecular weight excluding hydrogens is 238 g/mol. The lowest BCUT2D eigenvalue weighted by Gasteiger charge is -2.48. The maximum absolute atomic E-state index is 11.0. The SMILES string of the molecule is CCC1CCCCC1C(O)C(C)(C)N1CCOCC1. The predicted molar refractivity (Wildman–Crippen MR) is 78.2 cm³/mol. The molecule has 3 nitrogen and oxygen atoms in total. The van der Waals surface area contributed by atoms with Gasteiger partial charge < -0.3 is 9.84 Å². The molecule has 2 aliphatic rings. The molecule has 0 aromatic rings. The number of morpholine rings is 1. The molecule has 2 rings (SSSR count). The molecule has 0 aromatic heterocycles. The first kappa shape index (κ1) is 15.3. The normalized spacial score (nSPS) is 32.2. The molecule has 3 unspecified atom stereocenters. The maximum atomic E-state index is 11.0. The molecule has 0 bridgehead atoms. The summed E-state index contributed by atoms with van der Waals surface area (Å²) in [6, 6.07) is 0. The molecule has 112 valence electrons. The van der Waals surface area contributed by atoms with Crippen molar-refractivity contribution in [3.63, 3.8) is 0 Å². The molecule has 0 aromatic carbocycles. The number of rotatable bonds is 4. The highest BCUT2D eigenvalue weighted by Gasteiger charge is 2.42. The monoisotopic (exact) mass is 269 g/mol. The highest BCUT2D eigenvalue weighted by Crippen LogP contribution is 2.39. The fourth-order valence-electron chi connectivity index (χ4n) is 4.01. The molecule has 1 saturated heterocycles. The van der Waals surface area contributed by atoms with Gasteiger partial charge in [0.1, 0.15) is 0 Å². The van der Waals surface area contributed by atoms with Crippen LogP contribution in [-0.2, 0) is 4.74 Å². The van der Waals surface area contributed by atoms with Gasteiger partial charge in [-0.15, -0.1) is 0 Å². The van der Waals surface area contributed by atoms with Crippen LogP contribution >= 0.6 is 0 Å². The molecule has 19 heavy (non-hydrogen) atoms. The van der Waals surface area contributed by atoms with Gasteiger partial charge in [-0.2, -0.15) is 0 Å². The average molecular weight is 269 g/mol. The summed E-state index contributed by atoms with van der Waals surface area (Å²) in [7, 11) is 0. The molecule has 2 fully saturated rings. The average Bonchev–Trinajstić information content (AvgIpc) is 2.47. The van der Waals surface area contributed by atoms with Gasteiger partial charge in [-0.3, -0.25) is 4.90 Å². The van der Waals surface area contributed by atoms with Gasteiger partial charge in [-0.1, -0.05) is 32.6 Å². The van der Waals surface area contributed by atoms with Crippen molar-refractivity contribution in [1.29, 1.82) is 0 Å². The first-order chi connectivity index (χ1) is 9.07. The topological polar surface area (TPSA) is 32.7 Å². The molecule has 0 radical (unpaired) electrons. The third-order valence-electron chi connectivity index (χ3n) is 5.45. The van der Waals surface area contributed by atoms with Crippen molar-refractivity contribution in [3.05, 3.63) is 0 Å². The molecule has 1 N–H and O–H groups in total. The minimum Gasteiger partial charge on any atom is -0.391 e. The Balaban J connectivity index is 2.04. The Morgan fingerprint density at radius 2 is 1.84 bits per heavy atom. The largest absolute Gasteiger partial charge is 0.391 e. The standard InChI is InChI=1S/C16H31NO2/c1-4-13-7-5-6-8-14(13)15(18)16(2,3)17-9-11-19-12-10-17/h13-15,18H,4-12H2,1-3H3. The van der Waals surface area contributed by atoms with Gasteiger partial charge in [0, 0.05) is 18.6 Å². The summed E-state index contributed by atoms with van der Waals surface area (Å²) in [4.78, 5) is 2.42. The van der Waals surface area contributed by atoms with E-state index >= 15 is 0 Å². The van der Waals surface area contributed by atoms with E-state index in [0.29, 0.717) is 11.8 Å². The van der Waals surface area contributed by atoms with E-state index in [1.54, 1.807) is 0 Å². The fraction of sp³-hybridized carbons (Fsp3) is 1.00. The van der Waals surface area contributed by atoms with Crippen LogP contribution in [-0.4, -0.2) is 48.0 Å². The van der Waals surface area contributed by atoms with E-state index in [9.17, 15) is 5.11 Å². The Morgan fingerprint density at radius 1 is 1.21 bits per heavy atom. The molecular formula is C16H31NO2. The van der Waals surface area contributed by atoms with Crippen molar-refractivity contribution in [2.75, 3.05) is 26.3 Å². The number of aliphatic hydroxyl groups is 1.